The first-order chi connectivity index (χ1) is 14.4. The summed E-state index contributed by atoms with van der Waals surface area (Å²) in [4.78, 5) is 26.8. The fourth-order valence-electron chi connectivity index (χ4n) is 3.07. The zero-order valence-electron chi connectivity index (χ0n) is 17.4. The number of rotatable bonds is 9. The van der Waals surface area contributed by atoms with Crippen LogP contribution in [0.2, 0.25) is 5.02 Å². The molecule has 7 heteroatoms. The Morgan fingerprint density at radius 1 is 1.03 bits per heavy atom. The molecule has 0 atom stereocenters. The molecule has 0 spiro atoms. The van der Waals surface area contributed by atoms with Crippen molar-refractivity contribution in [2.45, 2.75) is 39.5 Å². The molecular weight excluding hydrogens is 418 g/mol. The van der Waals surface area contributed by atoms with Crippen LogP contribution < -0.4 is 10.6 Å². The van der Waals surface area contributed by atoms with Crippen LogP contribution in [-0.4, -0.2) is 34.9 Å². The van der Waals surface area contributed by atoms with Gasteiger partial charge in [-0.1, -0.05) is 49.7 Å². The fraction of sp³-hybridized carbons (Fsp3) is 0.348. The molecule has 0 aromatic heterocycles. The van der Waals surface area contributed by atoms with E-state index in [4.69, 9.17) is 23.8 Å². The van der Waals surface area contributed by atoms with Crippen LogP contribution in [0.15, 0.2) is 48.5 Å². The molecule has 0 bridgehead atoms. The summed E-state index contributed by atoms with van der Waals surface area (Å²) in [6.07, 6.45) is 2.62. The van der Waals surface area contributed by atoms with Crippen molar-refractivity contribution in [3.05, 3.63) is 64.7 Å². The van der Waals surface area contributed by atoms with Crippen LogP contribution in [0.5, 0.6) is 0 Å². The minimum atomic E-state index is -0.197. The van der Waals surface area contributed by atoms with Crippen LogP contribution >= 0.6 is 23.8 Å². The monoisotopic (exact) mass is 445 g/mol. The topological polar surface area (TPSA) is 61.4 Å². The Morgan fingerprint density at radius 2 is 1.73 bits per heavy atom. The van der Waals surface area contributed by atoms with E-state index in [0.29, 0.717) is 22.7 Å². The first-order valence-electron chi connectivity index (χ1n) is 10.2. The predicted molar refractivity (Wildman–Crippen MR) is 127 cm³/mol. The average molecular weight is 446 g/mol. The minimum Gasteiger partial charge on any atom is -0.339 e. The molecule has 30 heavy (non-hydrogen) atoms. The third-order valence-corrected chi connectivity index (χ3v) is 5.05. The number of carbonyl (C=O) groups is 2. The van der Waals surface area contributed by atoms with Crippen LogP contribution in [-0.2, 0) is 11.2 Å². The smallest absolute Gasteiger partial charge is 0.253 e. The molecule has 0 aliphatic carbocycles. The van der Waals surface area contributed by atoms with E-state index in [1.54, 1.807) is 24.3 Å². The lowest BCUT2D eigenvalue weighted by Crippen LogP contribution is -2.34. The van der Waals surface area contributed by atoms with Gasteiger partial charge in [0.2, 0.25) is 5.91 Å². The summed E-state index contributed by atoms with van der Waals surface area (Å²) in [6.45, 7) is 5.57. The van der Waals surface area contributed by atoms with Crippen LogP contribution in [0, 0.1) is 0 Å². The van der Waals surface area contributed by atoms with Gasteiger partial charge < -0.3 is 15.5 Å². The molecule has 0 heterocycles. The number of amides is 2. The number of nitrogens with zero attached hydrogens (tertiary/aromatic N) is 1. The molecule has 2 amide bonds. The summed E-state index contributed by atoms with van der Waals surface area (Å²) in [7, 11) is 0. The number of anilines is 1. The molecule has 160 valence electrons. The molecule has 0 unspecified atom stereocenters. The Morgan fingerprint density at radius 3 is 2.40 bits per heavy atom. The Balaban J connectivity index is 1.92. The quantitative estimate of drug-likeness (QED) is 0.530. The summed E-state index contributed by atoms with van der Waals surface area (Å²) >= 11 is 11.4. The Labute approximate surface area is 188 Å². The number of benzene rings is 2. The summed E-state index contributed by atoms with van der Waals surface area (Å²) in [6, 6.07) is 14.6. The van der Waals surface area contributed by atoms with E-state index >= 15 is 0 Å². The van der Waals surface area contributed by atoms with Gasteiger partial charge >= 0.3 is 0 Å². The SMILES string of the molecule is CCCN(CCC)C(=O)c1cccc(NC(=S)NC(=O)CCc2ccccc2Cl)c1. The average Bonchev–Trinajstić information content (AvgIpc) is 2.72. The van der Waals surface area contributed by atoms with Crippen molar-refractivity contribution in [1.82, 2.24) is 10.2 Å². The second-order valence-electron chi connectivity index (χ2n) is 6.97. The van der Waals surface area contributed by atoms with Crippen LogP contribution in [0.3, 0.4) is 0 Å². The van der Waals surface area contributed by atoms with Crippen molar-refractivity contribution in [3.8, 4) is 0 Å². The Bertz CT molecular complexity index is 882. The predicted octanol–water partition coefficient (Wildman–Crippen LogP) is 5.05. The maximum Gasteiger partial charge on any atom is 0.253 e. The number of carbonyl (C=O) groups excluding carboxylic acids is 2. The first kappa shape index (κ1) is 23.8. The summed E-state index contributed by atoms with van der Waals surface area (Å²) in [5.74, 6) is -0.200. The van der Waals surface area contributed by atoms with Gasteiger partial charge in [0.25, 0.3) is 5.91 Å². The van der Waals surface area contributed by atoms with E-state index in [1.165, 1.54) is 0 Å². The van der Waals surface area contributed by atoms with Crippen molar-refractivity contribution in [3.63, 3.8) is 0 Å². The van der Waals surface area contributed by atoms with E-state index < -0.39 is 0 Å². The third kappa shape index (κ3) is 7.43. The molecule has 0 aliphatic heterocycles. The van der Waals surface area contributed by atoms with Crippen LogP contribution in [0.1, 0.15) is 49.0 Å². The molecule has 2 aromatic carbocycles. The molecule has 5 nitrogen and oxygen atoms in total. The molecule has 0 fully saturated rings. The second-order valence-corrected chi connectivity index (χ2v) is 7.78. The van der Waals surface area contributed by atoms with E-state index in [-0.39, 0.29) is 23.3 Å². The van der Waals surface area contributed by atoms with E-state index in [1.807, 2.05) is 29.2 Å². The van der Waals surface area contributed by atoms with Crippen LogP contribution in [0.25, 0.3) is 0 Å². The van der Waals surface area contributed by atoms with Gasteiger partial charge in [0.05, 0.1) is 0 Å². The Hall–Kier alpha value is -2.44. The number of hydrogen-bond acceptors (Lipinski definition) is 3. The maximum absolute atomic E-state index is 12.8. The molecule has 0 aliphatic rings. The van der Waals surface area contributed by atoms with Gasteiger partial charge in [-0.2, -0.15) is 0 Å². The van der Waals surface area contributed by atoms with Gasteiger partial charge in [0.1, 0.15) is 0 Å². The molecule has 2 aromatic rings. The van der Waals surface area contributed by atoms with Crippen molar-refractivity contribution < 1.29 is 9.59 Å². The van der Waals surface area contributed by atoms with Gasteiger partial charge in [0, 0.05) is 35.8 Å². The molecular formula is C23H28ClN3O2S. The molecule has 0 radical (unpaired) electrons. The van der Waals surface area contributed by atoms with Gasteiger partial charge in [-0.05, 0) is 61.3 Å². The van der Waals surface area contributed by atoms with E-state index in [2.05, 4.69) is 24.5 Å². The summed E-state index contributed by atoms with van der Waals surface area (Å²) < 4.78 is 0. The number of nitrogens with one attached hydrogen (secondary N) is 2. The van der Waals surface area contributed by atoms with Gasteiger partial charge in [0.15, 0.2) is 5.11 Å². The highest BCUT2D eigenvalue weighted by Crippen LogP contribution is 2.17. The van der Waals surface area contributed by atoms with Crippen molar-refractivity contribution in [2.75, 3.05) is 18.4 Å². The van der Waals surface area contributed by atoms with E-state index in [9.17, 15) is 9.59 Å². The van der Waals surface area contributed by atoms with Crippen molar-refractivity contribution >= 4 is 46.4 Å². The largest absolute Gasteiger partial charge is 0.339 e. The highest BCUT2D eigenvalue weighted by Gasteiger charge is 2.15. The van der Waals surface area contributed by atoms with Gasteiger partial charge in [-0.25, -0.2) is 0 Å². The lowest BCUT2D eigenvalue weighted by molar-refractivity contribution is -0.119. The third-order valence-electron chi connectivity index (χ3n) is 4.47. The van der Waals surface area contributed by atoms with Crippen molar-refractivity contribution in [1.29, 1.82) is 0 Å². The highest BCUT2D eigenvalue weighted by atomic mass is 35.5. The van der Waals surface area contributed by atoms with Crippen molar-refractivity contribution in [2.24, 2.45) is 0 Å². The van der Waals surface area contributed by atoms with Gasteiger partial charge in [-0.15, -0.1) is 0 Å². The second kappa shape index (κ2) is 12.3. The standard InChI is InChI=1S/C23H28ClN3O2S/c1-3-14-27(15-4-2)22(29)18-9-7-10-19(16-18)25-23(30)26-21(28)13-12-17-8-5-6-11-20(17)24/h5-11,16H,3-4,12-15H2,1-2H3,(H2,25,26,28,30). The first-order valence-corrected chi connectivity index (χ1v) is 11.0. The number of thiocarbonyl (C=S) groups is 1. The summed E-state index contributed by atoms with van der Waals surface area (Å²) in [5, 5.41) is 6.50. The van der Waals surface area contributed by atoms with E-state index in [0.717, 1.165) is 31.5 Å². The zero-order valence-corrected chi connectivity index (χ0v) is 19.0. The number of halogens is 1. The maximum atomic E-state index is 12.8. The van der Waals surface area contributed by atoms with Crippen LogP contribution in [0.4, 0.5) is 5.69 Å². The molecule has 0 saturated carbocycles. The molecule has 2 rings (SSSR count). The normalized spacial score (nSPS) is 10.4. The zero-order chi connectivity index (χ0) is 21.9. The number of hydrogen-bond donors (Lipinski definition) is 2. The lowest BCUT2D eigenvalue weighted by atomic mass is 10.1. The Kier molecular flexibility index (Phi) is 9.77. The fourth-order valence-corrected chi connectivity index (χ4v) is 3.53. The molecule has 2 N–H and O–H groups in total. The molecule has 0 saturated heterocycles. The van der Waals surface area contributed by atoms with Gasteiger partial charge in [-0.3, -0.25) is 9.59 Å². The highest BCUT2D eigenvalue weighted by molar-refractivity contribution is 7.80. The minimum absolute atomic E-state index is 0.00274. The number of aryl methyl sites for hydroxylation is 1. The summed E-state index contributed by atoms with van der Waals surface area (Å²) in [5.41, 5.74) is 2.17. The lowest BCUT2D eigenvalue weighted by Gasteiger charge is -2.21.